The van der Waals surface area contributed by atoms with Crippen LogP contribution in [0.25, 0.3) is 10.9 Å². The molecule has 7 heteroatoms. The first-order valence-corrected chi connectivity index (χ1v) is 9.33. The largest absolute Gasteiger partial charge is 0.457 e. The molecule has 2 heterocycles. The zero-order chi connectivity index (χ0) is 19.3. The molecule has 2 aliphatic rings. The number of rotatable bonds is 3. The third kappa shape index (κ3) is 2.86. The van der Waals surface area contributed by atoms with Crippen LogP contribution in [0.1, 0.15) is 23.5 Å². The van der Waals surface area contributed by atoms with Crippen molar-refractivity contribution in [2.75, 3.05) is 0 Å². The summed E-state index contributed by atoms with van der Waals surface area (Å²) in [5.41, 5.74) is 2.88. The molecular weight excluding hydrogens is 380 g/mol. The number of aromatic nitrogens is 1. The van der Waals surface area contributed by atoms with Crippen LogP contribution < -0.4 is 10.1 Å². The van der Waals surface area contributed by atoms with Gasteiger partial charge >= 0.3 is 6.09 Å². The lowest BCUT2D eigenvalue weighted by atomic mass is 9.95. The Labute approximate surface area is 165 Å². The van der Waals surface area contributed by atoms with E-state index in [-0.39, 0.29) is 11.8 Å². The van der Waals surface area contributed by atoms with Gasteiger partial charge in [-0.1, -0.05) is 17.7 Å². The lowest BCUT2D eigenvalue weighted by Crippen LogP contribution is -2.28. The first-order chi connectivity index (χ1) is 13.6. The normalized spacial score (nSPS) is 20.8. The van der Waals surface area contributed by atoms with Crippen LogP contribution in [0.2, 0.25) is 5.02 Å². The number of carbonyl (C=O) groups is 2. The molecule has 2 atom stereocenters. The Kier molecular flexibility index (Phi) is 3.94. The summed E-state index contributed by atoms with van der Waals surface area (Å²) >= 11 is 6.04. The molecular formula is C21H15ClN2O4. The molecule has 1 aliphatic carbocycles. The van der Waals surface area contributed by atoms with Crippen LogP contribution in [0.5, 0.6) is 11.5 Å². The number of carbonyl (C=O) groups excluding carboxylic acids is 2. The Balaban J connectivity index is 1.43. The number of nitrogens with zero attached hydrogens (tertiary/aromatic N) is 1. The van der Waals surface area contributed by atoms with Crippen LogP contribution in [-0.2, 0) is 16.0 Å². The van der Waals surface area contributed by atoms with Crippen molar-refractivity contribution in [3.8, 4) is 11.5 Å². The monoisotopic (exact) mass is 394 g/mol. The molecule has 0 bridgehead atoms. The summed E-state index contributed by atoms with van der Waals surface area (Å²) < 4.78 is 11.3. The predicted molar refractivity (Wildman–Crippen MR) is 103 cm³/mol. The lowest BCUT2D eigenvalue weighted by molar-refractivity contribution is -0.124. The van der Waals surface area contributed by atoms with Gasteiger partial charge in [-0.05, 0) is 60.4 Å². The van der Waals surface area contributed by atoms with Crippen LogP contribution in [-0.4, -0.2) is 23.1 Å². The van der Waals surface area contributed by atoms with Crippen molar-refractivity contribution in [3.63, 3.8) is 0 Å². The van der Waals surface area contributed by atoms with E-state index in [1.54, 1.807) is 18.3 Å². The van der Waals surface area contributed by atoms with Gasteiger partial charge < -0.3 is 9.47 Å². The van der Waals surface area contributed by atoms with Gasteiger partial charge in [-0.2, -0.15) is 0 Å². The molecule has 1 aromatic heterocycles. The van der Waals surface area contributed by atoms with E-state index in [0.29, 0.717) is 16.5 Å². The highest BCUT2D eigenvalue weighted by molar-refractivity contribution is 6.31. The number of pyridine rings is 1. The number of fused-ring (bicyclic) bond motifs is 2. The first kappa shape index (κ1) is 17.0. The maximum Gasteiger partial charge on any atom is 0.414 e. The Hall–Kier alpha value is -3.12. The molecule has 1 fully saturated rings. The Morgan fingerprint density at radius 1 is 1.14 bits per heavy atom. The van der Waals surface area contributed by atoms with E-state index < -0.39 is 12.2 Å². The molecule has 1 unspecified atom stereocenters. The number of nitrogens with one attached hydrogen (secondary N) is 1. The smallest absolute Gasteiger partial charge is 0.414 e. The summed E-state index contributed by atoms with van der Waals surface area (Å²) in [7, 11) is 0. The molecule has 0 saturated carbocycles. The number of amides is 2. The minimum Gasteiger partial charge on any atom is -0.457 e. The number of halogens is 1. The summed E-state index contributed by atoms with van der Waals surface area (Å²) in [6.07, 6.45) is 1.80. The summed E-state index contributed by atoms with van der Waals surface area (Å²) in [5.74, 6) is 0.902. The number of alkyl carbamates (subject to hydrolysis) is 1. The van der Waals surface area contributed by atoms with E-state index in [1.165, 1.54) is 0 Å². The summed E-state index contributed by atoms with van der Waals surface area (Å²) in [4.78, 5) is 27.6. The van der Waals surface area contributed by atoms with Gasteiger partial charge in [0.2, 0.25) is 0 Å². The van der Waals surface area contributed by atoms with Crippen LogP contribution in [0.4, 0.5) is 4.79 Å². The molecule has 0 radical (unpaired) electrons. The molecule has 3 aromatic rings. The standard InChI is InChI=1S/C21H15ClN2O4/c22-12-2-5-16-17(10-12)23-8-7-18(16)27-13-3-6-14-11(9-13)1-4-15(14)19-20(25)24-21(26)28-19/h2-3,5-10,15,19H,1,4H2,(H,24,25,26)/t15-,19?/m1/s1. The topological polar surface area (TPSA) is 77.5 Å². The second-order valence-corrected chi connectivity index (χ2v) is 7.33. The Bertz CT molecular complexity index is 1130. The van der Waals surface area contributed by atoms with Crippen molar-refractivity contribution >= 4 is 34.5 Å². The predicted octanol–water partition coefficient (Wildman–Crippen LogP) is 4.35. The van der Waals surface area contributed by atoms with Gasteiger partial charge in [0.05, 0.1) is 5.52 Å². The highest BCUT2D eigenvalue weighted by Gasteiger charge is 2.42. The molecule has 0 spiro atoms. The molecule has 1 N–H and O–H groups in total. The van der Waals surface area contributed by atoms with Gasteiger partial charge in [0.1, 0.15) is 11.5 Å². The highest BCUT2D eigenvalue weighted by atomic mass is 35.5. The third-order valence-corrected chi connectivity index (χ3v) is 5.45. The fourth-order valence-corrected chi connectivity index (χ4v) is 4.12. The van der Waals surface area contributed by atoms with Gasteiger partial charge in [-0.15, -0.1) is 0 Å². The number of imide groups is 1. The fourth-order valence-electron chi connectivity index (χ4n) is 3.95. The second-order valence-electron chi connectivity index (χ2n) is 6.89. The number of hydrogen-bond acceptors (Lipinski definition) is 5. The van der Waals surface area contributed by atoms with Crippen LogP contribution >= 0.6 is 11.6 Å². The van der Waals surface area contributed by atoms with Crippen molar-refractivity contribution < 1.29 is 19.1 Å². The van der Waals surface area contributed by atoms with Gasteiger partial charge in [0.25, 0.3) is 5.91 Å². The fraction of sp³-hybridized carbons (Fsp3) is 0.190. The van der Waals surface area contributed by atoms with Crippen LogP contribution in [0, 0.1) is 0 Å². The maximum atomic E-state index is 11.9. The number of ether oxygens (including phenoxy) is 2. The summed E-state index contributed by atoms with van der Waals surface area (Å²) in [5, 5.41) is 3.70. The zero-order valence-electron chi connectivity index (χ0n) is 14.6. The van der Waals surface area contributed by atoms with E-state index in [4.69, 9.17) is 21.1 Å². The van der Waals surface area contributed by atoms with Gasteiger partial charge in [-0.25, -0.2) is 4.79 Å². The van der Waals surface area contributed by atoms with Crippen molar-refractivity contribution in [2.45, 2.75) is 24.9 Å². The summed E-state index contributed by atoms with van der Waals surface area (Å²) in [6.45, 7) is 0. The molecule has 1 saturated heterocycles. The number of hydrogen-bond donors (Lipinski definition) is 1. The Morgan fingerprint density at radius 2 is 2.04 bits per heavy atom. The van der Waals surface area contributed by atoms with E-state index in [0.717, 1.165) is 34.9 Å². The second kappa shape index (κ2) is 6.49. The van der Waals surface area contributed by atoms with E-state index in [2.05, 4.69) is 10.3 Å². The van der Waals surface area contributed by atoms with Crippen LogP contribution in [0.15, 0.2) is 48.7 Å². The first-order valence-electron chi connectivity index (χ1n) is 8.95. The lowest BCUT2D eigenvalue weighted by Gasteiger charge is -2.16. The van der Waals surface area contributed by atoms with Crippen LogP contribution in [0.3, 0.4) is 0 Å². The number of benzene rings is 2. The van der Waals surface area contributed by atoms with Crippen molar-refractivity contribution in [1.29, 1.82) is 0 Å². The minimum absolute atomic E-state index is 0.126. The minimum atomic E-state index is -0.755. The summed E-state index contributed by atoms with van der Waals surface area (Å²) in [6, 6.07) is 13.1. The van der Waals surface area contributed by atoms with Gasteiger partial charge in [0.15, 0.2) is 6.10 Å². The number of aryl methyl sites for hydroxylation is 1. The molecule has 1 aliphatic heterocycles. The van der Waals surface area contributed by atoms with Crippen molar-refractivity contribution in [2.24, 2.45) is 0 Å². The van der Waals surface area contributed by atoms with Gasteiger partial charge in [0, 0.05) is 22.5 Å². The third-order valence-electron chi connectivity index (χ3n) is 5.21. The highest BCUT2D eigenvalue weighted by Crippen LogP contribution is 2.40. The molecule has 140 valence electrons. The zero-order valence-corrected chi connectivity index (χ0v) is 15.4. The van der Waals surface area contributed by atoms with E-state index >= 15 is 0 Å². The average molecular weight is 395 g/mol. The molecule has 2 aromatic carbocycles. The average Bonchev–Trinajstić information content (AvgIpc) is 3.23. The number of cyclic esters (lactones) is 1. The maximum absolute atomic E-state index is 11.9. The molecule has 6 nitrogen and oxygen atoms in total. The van der Waals surface area contributed by atoms with Gasteiger partial charge in [-0.3, -0.25) is 15.1 Å². The Morgan fingerprint density at radius 3 is 2.86 bits per heavy atom. The molecule has 28 heavy (non-hydrogen) atoms. The SMILES string of the molecule is O=C1NC(=O)C([C@@H]2CCc3cc(Oc4ccnc5cc(Cl)ccc45)ccc32)O1. The van der Waals surface area contributed by atoms with E-state index in [1.807, 2.05) is 30.3 Å². The van der Waals surface area contributed by atoms with Crippen molar-refractivity contribution in [3.05, 3.63) is 64.8 Å². The van der Waals surface area contributed by atoms with E-state index in [9.17, 15) is 9.59 Å². The van der Waals surface area contributed by atoms with Crippen molar-refractivity contribution in [1.82, 2.24) is 10.3 Å². The quantitative estimate of drug-likeness (QED) is 0.714. The molecule has 2 amide bonds. The molecule has 5 rings (SSSR count).